The van der Waals surface area contributed by atoms with Gasteiger partial charge in [-0.25, -0.2) is 14.5 Å². The van der Waals surface area contributed by atoms with E-state index in [4.69, 9.17) is 10.5 Å². The average Bonchev–Trinajstić information content (AvgIpc) is 2.76. The van der Waals surface area contributed by atoms with E-state index in [1.54, 1.807) is 6.92 Å². The minimum absolute atomic E-state index is 0.235. The van der Waals surface area contributed by atoms with Crippen molar-refractivity contribution < 1.29 is 9.53 Å². The van der Waals surface area contributed by atoms with Gasteiger partial charge in [0.1, 0.15) is 5.82 Å². The molecule has 2 heterocycles. The third kappa shape index (κ3) is 2.84. The van der Waals surface area contributed by atoms with E-state index in [1.807, 2.05) is 11.6 Å². The number of hydrogen-bond acceptors (Lipinski definition) is 5. The Morgan fingerprint density at radius 3 is 2.48 bits per heavy atom. The van der Waals surface area contributed by atoms with Crippen LogP contribution in [0.4, 0.5) is 5.82 Å². The number of piperidine rings is 1. The fraction of sp³-hybridized carbons (Fsp3) is 0.733. The van der Waals surface area contributed by atoms with Gasteiger partial charge >= 0.3 is 5.97 Å². The SMILES string of the molecule is CCOC(=O)c1nc(CC)n(N2C(C)CCCC2C)c1N. The first-order valence-electron chi connectivity index (χ1n) is 7.84. The third-order valence-electron chi connectivity index (χ3n) is 4.12. The number of anilines is 1. The van der Waals surface area contributed by atoms with Crippen molar-refractivity contribution >= 4 is 11.8 Å². The largest absolute Gasteiger partial charge is 0.461 e. The second-order valence-electron chi connectivity index (χ2n) is 5.66. The minimum atomic E-state index is -0.444. The summed E-state index contributed by atoms with van der Waals surface area (Å²) in [6.45, 7) is 8.51. The van der Waals surface area contributed by atoms with Gasteiger partial charge in [0.2, 0.25) is 0 Å². The molecule has 1 fully saturated rings. The number of ether oxygens (including phenoxy) is 1. The Bertz CT molecular complexity index is 502. The molecular formula is C15H26N4O2. The van der Waals surface area contributed by atoms with Gasteiger partial charge in [-0.05, 0) is 40.0 Å². The standard InChI is InChI=1S/C15H26N4O2/c1-5-12-17-13(15(20)21-6-2)14(16)19(12)18-10(3)8-7-9-11(18)4/h10-11H,5-9,16H2,1-4H3. The molecule has 1 saturated heterocycles. The predicted molar refractivity (Wildman–Crippen MR) is 83.0 cm³/mol. The lowest BCUT2D eigenvalue weighted by Crippen LogP contribution is -2.52. The molecule has 2 atom stereocenters. The molecular weight excluding hydrogens is 268 g/mol. The van der Waals surface area contributed by atoms with Crippen molar-refractivity contribution in [3.63, 3.8) is 0 Å². The first-order chi connectivity index (χ1) is 10.0. The molecule has 118 valence electrons. The Balaban J connectivity index is 2.44. The summed E-state index contributed by atoms with van der Waals surface area (Å²) in [5, 5.41) is 2.26. The molecule has 0 saturated carbocycles. The Morgan fingerprint density at radius 1 is 1.33 bits per heavy atom. The number of rotatable bonds is 4. The second-order valence-corrected chi connectivity index (χ2v) is 5.66. The predicted octanol–water partition coefficient (Wildman–Crippen LogP) is 2.10. The summed E-state index contributed by atoms with van der Waals surface area (Å²) in [5.74, 6) is 0.766. The molecule has 6 heteroatoms. The Morgan fingerprint density at radius 2 is 1.95 bits per heavy atom. The average molecular weight is 294 g/mol. The van der Waals surface area contributed by atoms with Crippen LogP contribution < -0.4 is 10.7 Å². The molecule has 2 unspecified atom stereocenters. The minimum Gasteiger partial charge on any atom is -0.461 e. The van der Waals surface area contributed by atoms with Gasteiger partial charge in [0.25, 0.3) is 0 Å². The number of imidazole rings is 1. The molecule has 1 aliphatic rings. The van der Waals surface area contributed by atoms with Crippen LogP contribution in [0.5, 0.6) is 0 Å². The Labute approximate surface area is 126 Å². The van der Waals surface area contributed by atoms with E-state index in [0.29, 0.717) is 24.5 Å². The Hall–Kier alpha value is -1.72. The van der Waals surface area contributed by atoms with Crippen LogP contribution in [0, 0.1) is 0 Å². The van der Waals surface area contributed by atoms with E-state index < -0.39 is 5.97 Å². The van der Waals surface area contributed by atoms with Crippen molar-refractivity contribution in [2.75, 3.05) is 17.3 Å². The van der Waals surface area contributed by atoms with E-state index in [-0.39, 0.29) is 5.69 Å². The molecule has 2 rings (SSSR count). The number of hydrogen-bond donors (Lipinski definition) is 1. The van der Waals surface area contributed by atoms with Crippen LogP contribution in [-0.2, 0) is 11.2 Å². The van der Waals surface area contributed by atoms with Crippen molar-refractivity contribution in [1.82, 2.24) is 9.66 Å². The fourth-order valence-corrected chi connectivity index (χ4v) is 3.11. The molecule has 1 aromatic rings. The topological polar surface area (TPSA) is 73.4 Å². The number of aromatic nitrogens is 2. The molecule has 0 aromatic carbocycles. The van der Waals surface area contributed by atoms with Crippen LogP contribution in [-0.4, -0.2) is 34.3 Å². The lowest BCUT2D eigenvalue weighted by atomic mass is 10.00. The lowest BCUT2D eigenvalue weighted by molar-refractivity contribution is 0.0521. The summed E-state index contributed by atoms with van der Waals surface area (Å²) in [6, 6.07) is 0.760. The van der Waals surface area contributed by atoms with Gasteiger partial charge in [0.05, 0.1) is 6.61 Å². The molecule has 6 nitrogen and oxygen atoms in total. The molecule has 0 aliphatic carbocycles. The van der Waals surface area contributed by atoms with Crippen molar-refractivity contribution in [2.24, 2.45) is 0 Å². The molecule has 2 N–H and O–H groups in total. The van der Waals surface area contributed by atoms with Gasteiger partial charge in [-0.1, -0.05) is 6.92 Å². The van der Waals surface area contributed by atoms with Crippen LogP contribution >= 0.6 is 0 Å². The summed E-state index contributed by atoms with van der Waals surface area (Å²) in [5.41, 5.74) is 6.46. The third-order valence-corrected chi connectivity index (χ3v) is 4.12. The number of nitrogens with zero attached hydrogens (tertiary/aromatic N) is 3. The van der Waals surface area contributed by atoms with E-state index in [1.165, 1.54) is 6.42 Å². The highest BCUT2D eigenvalue weighted by Crippen LogP contribution is 2.26. The van der Waals surface area contributed by atoms with Crippen LogP contribution in [0.25, 0.3) is 0 Å². The first-order valence-corrected chi connectivity index (χ1v) is 7.84. The van der Waals surface area contributed by atoms with Gasteiger partial charge < -0.3 is 15.5 Å². The van der Waals surface area contributed by atoms with Crippen molar-refractivity contribution in [1.29, 1.82) is 0 Å². The maximum Gasteiger partial charge on any atom is 0.360 e. The van der Waals surface area contributed by atoms with Crippen LogP contribution in [0.3, 0.4) is 0 Å². The highest BCUT2D eigenvalue weighted by atomic mass is 16.5. The van der Waals surface area contributed by atoms with Crippen molar-refractivity contribution in [2.45, 2.75) is 65.5 Å². The quantitative estimate of drug-likeness (QED) is 0.861. The zero-order valence-electron chi connectivity index (χ0n) is 13.4. The van der Waals surface area contributed by atoms with Gasteiger partial charge in [-0.15, -0.1) is 0 Å². The molecule has 0 bridgehead atoms. The molecule has 0 spiro atoms. The summed E-state index contributed by atoms with van der Waals surface area (Å²) < 4.78 is 6.98. The van der Waals surface area contributed by atoms with Crippen molar-refractivity contribution in [3.8, 4) is 0 Å². The lowest BCUT2D eigenvalue weighted by Gasteiger charge is -2.42. The van der Waals surface area contributed by atoms with Gasteiger partial charge in [-0.2, -0.15) is 0 Å². The summed E-state index contributed by atoms with van der Waals surface area (Å²) in [7, 11) is 0. The van der Waals surface area contributed by atoms with Gasteiger partial charge in [0, 0.05) is 18.5 Å². The monoisotopic (exact) mass is 294 g/mol. The van der Waals surface area contributed by atoms with Crippen LogP contribution in [0.1, 0.15) is 63.3 Å². The summed E-state index contributed by atoms with van der Waals surface area (Å²) >= 11 is 0. The number of nitrogens with two attached hydrogens (primary N) is 1. The fourth-order valence-electron chi connectivity index (χ4n) is 3.11. The molecule has 0 radical (unpaired) electrons. The van der Waals surface area contributed by atoms with E-state index in [0.717, 1.165) is 25.1 Å². The normalized spacial score (nSPS) is 22.4. The van der Waals surface area contributed by atoms with Gasteiger partial charge in [0.15, 0.2) is 11.5 Å². The van der Waals surface area contributed by atoms with Crippen LogP contribution in [0.2, 0.25) is 0 Å². The van der Waals surface area contributed by atoms with E-state index >= 15 is 0 Å². The first kappa shape index (κ1) is 15.7. The Kier molecular flexibility index (Phi) is 4.75. The summed E-state index contributed by atoms with van der Waals surface area (Å²) in [6.07, 6.45) is 4.19. The molecule has 0 amide bonds. The van der Waals surface area contributed by atoms with Crippen LogP contribution in [0.15, 0.2) is 0 Å². The molecule has 21 heavy (non-hydrogen) atoms. The second kappa shape index (κ2) is 6.37. The number of carbonyl (C=O) groups is 1. The highest BCUT2D eigenvalue weighted by molar-refractivity contribution is 5.92. The highest BCUT2D eigenvalue weighted by Gasteiger charge is 2.31. The number of carbonyl (C=O) groups excluding carboxylic acids is 1. The number of nitrogen functional groups attached to an aromatic ring is 1. The smallest absolute Gasteiger partial charge is 0.360 e. The molecule has 1 aromatic heterocycles. The number of aryl methyl sites for hydroxylation is 1. The maximum absolute atomic E-state index is 12.0. The molecule has 1 aliphatic heterocycles. The number of esters is 1. The zero-order valence-corrected chi connectivity index (χ0v) is 13.4. The van der Waals surface area contributed by atoms with Crippen molar-refractivity contribution in [3.05, 3.63) is 11.5 Å². The zero-order chi connectivity index (χ0) is 15.6. The van der Waals surface area contributed by atoms with E-state index in [2.05, 4.69) is 23.8 Å². The van der Waals surface area contributed by atoms with E-state index in [9.17, 15) is 4.79 Å². The summed E-state index contributed by atoms with van der Waals surface area (Å²) in [4.78, 5) is 16.4. The maximum atomic E-state index is 12.0. The van der Waals surface area contributed by atoms with Gasteiger partial charge in [-0.3, -0.25) is 0 Å².